The molecule has 31 heavy (non-hydrogen) atoms. The number of thioether (sulfide) groups is 1. The summed E-state index contributed by atoms with van der Waals surface area (Å²) in [6, 6.07) is 17.7. The van der Waals surface area contributed by atoms with Gasteiger partial charge in [0.15, 0.2) is 0 Å². The van der Waals surface area contributed by atoms with Gasteiger partial charge in [-0.25, -0.2) is 9.48 Å². The second-order valence-corrected chi connectivity index (χ2v) is 8.33. The molecule has 160 valence electrons. The molecule has 1 N–H and O–H groups in total. The molecule has 1 unspecified atom stereocenters. The van der Waals surface area contributed by atoms with Crippen LogP contribution in [0, 0.1) is 6.92 Å². The molecule has 1 aromatic heterocycles. The maximum Gasteiger partial charge on any atom is 0.338 e. The van der Waals surface area contributed by atoms with Gasteiger partial charge in [0.25, 0.3) is 0 Å². The number of ether oxygens (including phenoxy) is 1. The number of nitrogens with zero attached hydrogens (tertiary/aromatic N) is 3. The number of carbonyl (C=O) groups excluding carboxylic acids is 1. The summed E-state index contributed by atoms with van der Waals surface area (Å²) >= 11 is 7.77. The molecule has 6 nitrogen and oxygen atoms in total. The molecule has 1 atom stereocenters. The van der Waals surface area contributed by atoms with Gasteiger partial charge in [0.05, 0.1) is 18.1 Å². The second kappa shape index (κ2) is 9.58. The zero-order chi connectivity index (χ0) is 21.8. The standard InChI is InChI=1S/C23H23ClN4O2S/c1-3-30-21(29)19-18(13-24)25-22-26-23(31-14-16-7-5-4-6-8-16)27-28(22)20(19)17-11-9-15(2)10-12-17/h4-12,20H,3,13-14H2,1-2H3,(H,25,26,27). The summed E-state index contributed by atoms with van der Waals surface area (Å²) in [7, 11) is 0. The number of hydrogen-bond acceptors (Lipinski definition) is 6. The summed E-state index contributed by atoms with van der Waals surface area (Å²) in [6.07, 6.45) is 0. The normalized spacial score (nSPS) is 15.4. The van der Waals surface area contributed by atoms with Crippen molar-refractivity contribution in [2.75, 3.05) is 17.8 Å². The van der Waals surface area contributed by atoms with E-state index in [1.807, 2.05) is 49.4 Å². The van der Waals surface area contributed by atoms with Crippen molar-refractivity contribution in [3.63, 3.8) is 0 Å². The van der Waals surface area contributed by atoms with Crippen molar-refractivity contribution in [2.24, 2.45) is 0 Å². The molecule has 4 rings (SSSR count). The Hall–Kier alpha value is -2.77. The average molecular weight is 455 g/mol. The number of rotatable bonds is 7. The maximum atomic E-state index is 12.9. The van der Waals surface area contributed by atoms with Gasteiger partial charge in [-0.1, -0.05) is 71.9 Å². The van der Waals surface area contributed by atoms with Gasteiger partial charge in [-0.05, 0) is 25.0 Å². The predicted molar refractivity (Wildman–Crippen MR) is 123 cm³/mol. The van der Waals surface area contributed by atoms with Crippen LogP contribution in [0.25, 0.3) is 0 Å². The SMILES string of the molecule is CCOC(=O)C1=C(CCl)Nc2nc(SCc3ccccc3)nn2C1c1ccc(C)cc1. The molecule has 0 amide bonds. The van der Waals surface area contributed by atoms with E-state index in [9.17, 15) is 4.79 Å². The molecule has 0 aliphatic carbocycles. The van der Waals surface area contributed by atoms with Crippen LogP contribution in [0.1, 0.15) is 29.7 Å². The number of aromatic nitrogens is 3. The quantitative estimate of drug-likeness (QED) is 0.309. The molecular formula is C23H23ClN4O2S. The molecule has 0 bridgehead atoms. The highest BCUT2D eigenvalue weighted by molar-refractivity contribution is 7.98. The smallest absolute Gasteiger partial charge is 0.338 e. The number of nitrogens with one attached hydrogen (secondary N) is 1. The lowest BCUT2D eigenvalue weighted by atomic mass is 9.95. The van der Waals surface area contributed by atoms with Gasteiger partial charge in [0.1, 0.15) is 6.04 Å². The van der Waals surface area contributed by atoms with E-state index in [1.54, 1.807) is 23.4 Å². The Kier molecular flexibility index (Phi) is 6.63. The molecule has 2 heterocycles. The summed E-state index contributed by atoms with van der Waals surface area (Å²) < 4.78 is 7.10. The minimum absolute atomic E-state index is 0.135. The zero-order valence-corrected chi connectivity index (χ0v) is 18.9. The minimum atomic E-state index is -0.469. The Labute approximate surface area is 190 Å². The van der Waals surface area contributed by atoms with Crippen LogP contribution in [-0.4, -0.2) is 33.2 Å². The van der Waals surface area contributed by atoms with Crippen molar-refractivity contribution in [1.29, 1.82) is 0 Å². The highest BCUT2D eigenvalue weighted by Crippen LogP contribution is 2.37. The number of fused-ring (bicyclic) bond motifs is 1. The fourth-order valence-corrected chi connectivity index (χ4v) is 4.44. The molecule has 1 aliphatic heterocycles. The Balaban J connectivity index is 1.73. The fraction of sp³-hybridized carbons (Fsp3) is 0.261. The maximum absolute atomic E-state index is 12.9. The average Bonchev–Trinajstić information content (AvgIpc) is 3.20. The molecule has 0 spiro atoms. The number of halogens is 1. The van der Waals surface area contributed by atoms with Crippen molar-refractivity contribution in [1.82, 2.24) is 14.8 Å². The minimum Gasteiger partial charge on any atom is -0.463 e. The first-order valence-corrected chi connectivity index (χ1v) is 11.6. The Morgan fingerprint density at radius 3 is 2.61 bits per heavy atom. The van der Waals surface area contributed by atoms with Gasteiger partial charge in [-0.2, -0.15) is 4.98 Å². The Morgan fingerprint density at radius 2 is 1.94 bits per heavy atom. The lowest BCUT2D eigenvalue weighted by molar-refractivity contribution is -0.139. The number of benzene rings is 2. The molecular weight excluding hydrogens is 432 g/mol. The monoisotopic (exact) mass is 454 g/mol. The third kappa shape index (κ3) is 4.62. The molecule has 0 saturated carbocycles. The van der Waals surface area contributed by atoms with Gasteiger partial charge in [0.2, 0.25) is 11.1 Å². The topological polar surface area (TPSA) is 69.0 Å². The number of allylic oxidation sites excluding steroid dienone is 1. The van der Waals surface area contributed by atoms with Crippen LogP contribution in [-0.2, 0) is 15.3 Å². The summed E-state index contributed by atoms with van der Waals surface area (Å²) in [5.74, 6) is 1.04. The zero-order valence-electron chi connectivity index (χ0n) is 17.3. The predicted octanol–water partition coefficient (Wildman–Crippen LogP) is 4.95. The first-order valence-electron chi connectivity index (χ1n) is 10.0. The van der Waals surface area contributed by atoms with Crippen molar-refractivity contribution in [2.45, 2.75) is 30.8 Å². The van der Waals surface area contributed by atoms with Gasteiger partial charge >= 0.3 is 5.97 Å². The summed E-state index contributed by atoms with van der Waals surface area (Å²) in [5.41, 5.74) is 4.29. The van der Waals surface area contributed by atoms with Crippen molar-refractivity contribution in [3.8, 4) is 0 Å². The number of aryl methyl sites for hydroxylation is 1. The van der Waals surface area contributed by atoms with E-state index in [1.165, 1.54) is 5.56 Å². The molecule has 1 aliphatic rings. The van der Waals surface area contributed by atoms with Crippen LogP contribution >= 0.6 is 23.4 Å². The molecule has 0 fully saturated rings. The summed E-state index contributed by atoms with van der Waals surface area (Å²) in [6.45, 7) is 4.09. The first-order chi connectivity index (χ1) is 15.1. The van der Waals surface area contributed by atoms with E-state index >= 15 is 0 Å². The number of esters is 1. The summed E-state index contributed by atoms with van der Waals surface area (Å²) in [4.78, 5) is 17.6. The second-order valence-electron chi connectivity index (χ2n) is 7.12. The van der Waals surface area contributed by atoms with Crippen molar-refractivity contribution < 1.29 is 9.53 Å². The number of anilines is 1. The molecule has 3 aromatic rings. The lowest BCUT2D eigenvalue weighted by Gasteiger charge is -2.28. The van der Waals surface area contributed by atoms with Crippen LogP contribution < -0.4 is 5.32 Å². The number of carbonyl (C=O) groups is 1. The Morgan fingerprint density at radius 1 is 1.19 bits per heavy atom. The molecule has 0 saturated heterocycles. The largest absolute Gasteiger partial charge is 0.463 e. The third-order valence-corrected chi connectivity index (χ3v) is 6.13. The van der Waals surface area contributed by atoms with Crippen LogP contribution in [0.3, 0.4) is 0 Å². The van der Waals surface area contributed by atoms with E-state index < -0.39 is 12.0 Å². The van der Waals surface area contributed by atoms with Gasteiger partial charge in [0, 0.05) is 11.4 Å². The van der Waals surface area contributed by atoms with E-state index in [4.69, 9.17) is 21.4 Å². The number of hydrogen-bond donors (Lipinski definition) is 1. The van der Waals surface area contributed by atoms with E-state index in [2.05, 4.69) is 22.4 Å². The van der Waals surface area contributed by atoms with E-state index in [-0.39, 0.29) is 12.5 Å². The lowest BCUT2D eigenvalue weighted by Crippen LogP contribution is -2.31. The van der Waals surface area contributed by atoms with Crippen LogP contribution in [0.2, 0.25) is 0 Å². The van der Waals surface area contributed by atoms with Crippen molar-refractivity contribution >= 4 is 35.3 Å². The van der Waals surface area contributed by atoms with Crippen LogP contribution in [0.4, 0.5) is 5.95 Å². The van der Waals surface area contributed by atoms with Crippen LogP contribution in [0.5, 0.6) is 0 Å². The van der Waals surface area contributed by atoms with Gasteiger partial charge < -0.3 is 10.1 Å². The molecule has 8 heteroatoms. The van der Waals surface area contributed by atoms with E-state index in [0.717, 1.165) is 16.9 Å². The highest BCUT2D eigenvalue weighted by Gasteiger charge is 2.36. The number of alkyl halides is 1. The van der Waals surface area contributed by atoms with Crippen molar-refractivity contribution in [3.05, 3.63) is 82.6 Å². The highest BCUT2D eigenvalue weighted by atomic mass is 35.5. The van der Waals surface area contributed by atoms with Gasteiger partial charge in [-0.3, -0.25) is 0 Å². The van der Waals surface area contributed by atoms with Crippen LogP contribution in [0.15, 0.2) is 71.0 Å². The third-order valence-electron chi connectivity index (χ3n) is 4.95. The first kappa shape index (κ1) is 21.5. The van der Waals surface area contributed by atoms with E-state index in [0.29, 0.717) is 22.4 Å². The van der Waals surface area contributed by atoms with Gasteiger partial charge in [-0.15, -0.1) is 16.7 Å². The molecule has 0 radical (unpaired) electrons. The molecule has 2 aromatic carbocycles. The fourth-order valence-electron chi connectivity index (χ4n) is 3.45. The Bertz CT molecular complexity index is 1100. The summed E-state index contributed by atoms with van der Waals surface area (Å²) in [5, 5.41) is 8.54.